The maximum absolute atomic E-state index is 12.8. The second kappa shape index (κ2) is 11.9. The molecule has 0 aromatic heterocycles. The highest BCUT2D eigenvalue weighted by Gasteiger charge is 2.23. The molecule has 0 aliphatic carbocycles. The Bertz CT molecular complexity index is 1290. The predicted molar refractivity (Wildman–Crippen MR) is 138 cm³/mol. The lowest BCUT2D eigenvalue weighted by Crippen LogP contribution is -2.38. The lowest BCUT2D eigenvalue weighted by atomic mass is 10.0. The first-order valence-corrected chi connectivity index (χ1v) is 11.8. The SMILES string of the molecule is COc1ccccc1NC(=O)COc1ccc(C(=O)OCC(=O)N2CCCc3ccccc32)cc1OC. The molecule has 9 heteroatoms. The third-order valence-corrected chi connectivity index (χ3v) is 5.88. The first-order chi connectivity index (χ1) is 18.0. The summed E-state index contributed by atoms with van der Waals surface area (Å²) in [7, 11) is 2.94. The maximum Gasteiger partial charge on any atom is 0.338 e. The number of ether oxygens (including phenoxy) is 4. The molecule has 4 rings (SSSR count). The Labute approximate surface area is 214 Å². The maximum atomic E-state index is 12.8. The minimum Gasteiger partial charge on any atom is -0.495 e. The number of nitrogens with one attached hydrogen (secondary N) is 1. The van der Waals surface area contributed by atoms with Crippen LogP contribution in [0.4, 0.5) is 11.4 Å². The number of hydrogen-bond acceptors (Lipinski definition) is 7. The van der Waals surface area contributed by atoms with Gasteiger partial charge in [-0.25, -0.2) is 4.79 Å². The van der Waals surface area contributed by atoms with E-state index in [2.05, 4.69) is 5.32 Å². The van der Waals surface area contributed by atoms with Crippen LogP contribution in [0, 0.1) is 0 Å². The Balaban J connectivity index is 1.33. The summed E-state index contributed by atoms with van der Waals surface area (Å²) in [6.45, 7) is -0.0846. The summed E-state index contributed by atoms with van der Waals surface area (Å²) in [5, 5.41) is 2.72. The number of esters is 1. The van der Waals surface area contributed by atoms with Gasteiger partial charge in [0.05, 0.1) is 25.5 Å². The first-order valence-electron chi connectivity index (χ1n) is 11.8. The van der Waals surface area contributed by atoms with Gasteiger partial charge in [0.25, 0.3) is 11.8 Å². The van der Waals surface area contributed by atoms with Crippen molar-refractivity contribution in [3.05, 3.63) is 77.9 Å². The van der Waals surface area contributed by atoms with Crippen LogP contribution in [0.5, 0.6) is 17.2 Å². The van der Waals surface area contributed by atoms with E-state index < -0.39 is 11.9 Å². The number of carbonyl (C=O) groups is 3. The molecule has 0 saturated heterocycles. The Morgan fingerprint density at radius 1 is 0.865 bits per heavy atom. The Morgan fingerprint density at radius 3 is 2.43 bits per heavy atom. The molecule has 2 amide bonds. The normalized spacial score (nSPS) is 12.2. The molecule has 192 valence electrons. The molecule has 0 radical (unpaired) electrons. The van der Waals surface area contributed by atoms with Crippen LogP contribution in [0.3, 0.4) is 0 Å². The summed E-state index contributed by atoms with van der Waals surface area (Å²) in [6, 6.07) is 19.2. The number of carbonyl (C=O) groups excluding carboxylic acids is 3. The van der Waals surface area contributed by atoms with Crippen molar-refractivity contribution in [2.75, 3.05) is 44.2 Å². The fourth-order valence-electron chi connectivity index (χ4n) is 4.07. The molecular formula is C28H28N2O7. The molecule has 37 heavy (non-hydrogen) atoms. The van der Waals surface area contributed by atoms with Gasteiger partial charge in [-0.2, -0.15) is 0 Å². The van der Waals surface area contributed by atoms with E-state index in [1.165, 1.54) is 32.4 Å². The smallest absolute Gasteiger partial charge is 0.338 e. The molecule has 3 aromatic carbocycles. The van der Waals surface area contributed by atoms with Crippen molar-refractivity contribution in [1.82, 2.24) is 0 Å². The van der Waals surface area contributed by atoms with Crippen LogP contribution < -0.4 is 24.4 Å². The molecule has 0 fully saturated rings. The number of benzene rings is 3. The summed E-state index contributed by atoms with van der Waals surface area (Å²) in [5.74, 6) is -0.302. The van der Waals surface area contributed by atoms with Gasteiger partial charge in [0, 0.05) is 12.2 Å². The number of fused-ring (bicyclic) bond motifs is 1. The van der Waals surface area contributed by atoms with Crippen LogP contribution in [-0.4, -0.2) is 51.8 Å². The summed E-state index contributed by atoms with van der Waals surface area (Å²) >= 11 is 0. The molecular weight excluding hydrogens is 476 g/mol. The number of hydrogen-bond donors (Lipinski definition) is 1. The minimum absolute atomic E-state index is 0.189. The molecule has 0 atom stereocenters. The lowest BCUT2D eigenvalue weighted by molar-refractivity contribution is -0.121. The van der Waals surface area contributed by atoms with E-state index in [1.54, 1.807) is 29.2 Å². The van der Waals surface area contributed by atoms with Crippen LogP contribution in [0.1, 0.15) is 22.3 Å². The summed E-state index contributed by atoms with van der Waals surface area (Å²) in [6.07, 6.45) is 1.77. The third kappa shape index (κ3) is 6.19. The predicted octanol–water partition coefficient (Wildman–Crippen LogP) is 3.86. The summed E-state index contributed by atoms with van der Waals surface area (Å²) < 4.78 is 21.4. The van der Waals surface area contributed by atoms with Gasteiger partial charge < -0.3 is 29.2 Å². The average molecular weight is 505 g/mol. The average Bonchev–Trinajstić information content (AvgIpc) is 2.94. The number of para-hydroxylation sites is 3. The highest BCUT2D eigenvalue weighted by molar-refractivity contribution is 5.98. The summed E-state index contributed by atoms with van der Waals surface area (Å²) in [5.41, 5.74) is 2.67. The molecule has 9 nitrogen and oxygen atoms in total. The third-order valence-electron chi connectivity index (χ3n) is 5.88. The molecule has 1 aliphatic rings. The molecule has 1 aliphatic heterocycles. The Morgan fingerprint density at radius 2 is 1.62 bits per heavy atom. The van der Waals surface area contributed by atoms with Crippen molar-refractivity contribution in [3.8, 4) is 17.2 Å². The number of amides is 2. The molecule has 0 unspecified atom stereocenters. The van der Waals surface area contributed by atoms with E-state index in [0.717, 1.165) is 24.1 Å². The van der Waals surface area contributed by atoms with E-state index in [9.17, 15) is 14.4 Å². The van der Waals surface area contributed by atoms with Crippen LogP contribution in [-0.2, 0) is 20.7 Å². The second-order valence-electron chi connectivity index (χ2n) is 8.26. The second-order valence-corrected chi connectivity index (χ2v) is 8.26. The highest BCUT2D eigenvalue weighted by Crippen LogP contribution is 2.29. The monoisotopic (exact) mass is 504 g/mol. The zero-order valence-corrected chi connectivity index (χ0v) is 20.7. The zero-order valence-electron chi connectivity index (χ0n) is 20.7. The van der Waals surface area contributed by atoms with Gasteiger partial charge in [-0.1, -0.05) is 30.3 Å². The van der Waals surface area contributed by atoms with Crippen molar-refractivity contribution in [1.29, 1.82) is 0 Å². The highest BCUT2D eigenvalue weighted by atomic mass is 16.5. The van der Waals surface area contributed by atoms with Crippen molar-refractivity contribution in [3.63, 3.8) is 0 Å². The Hall–Kier alpha value is -4.53. The fraction of sp³-hybridized carbons (Fsp3) is 0.250. The van der Waals surface area contributed by atoms with Crippen molar-refractivity contribution in [2.24, 2.45) is 0 Å². The van der Waals surface area contributed by atoms with E-state index in [1.807, 2.05) is 24.3 Å². The van der Waals surface area contributed by atoms with Gasteiger partial charge in [0.15, 0.2) is 24.7 Å². The van der Waals surface area contributed by atoms with Crippen LogP contribution in [0.25, 0.3) is 0 Å². The number of nitrogens with zero attached hydrogens (tertiary/aromatic N) is 1. The van der Waals surface area contributed by atoms with Crippen LogP contribution in [0.15, 0.2) is 66.7 Å². The number of anilines is 2. The van der Waals surface area contributed by atoms with Crippen molar-refractivity contribution < 1.29 is 33.3 Å². The van der Waals surface area contributed by atoms with Gasteiger partial charge in [0.2, 0.25) is 0 Å². The topological polar surface area (TPSA) is 103 Å². The van der Waals surface area contributed by atoms with Gasteiger partial charge in [-0.15, -0.1) is 0 Å². The van der Waals surface area contributed by atoms with Gasteiger partial charge >= 0.3 is 5.97 Å². The standard InChI is InChI=1S/C28H28N2O7/c1-34-23-12-6-4-10-21(23)29-26(31)17-36-24-14-13-20(16-25(24)35-2)28(33)37-18-27(32)30-15-7-9-19-8-3-5-11-22(19)30/h3-6,8,10-14,16H,7,9,15,17-18H2,1-2H3,(H,29,31). The van der Waals surface area contributed by atoms with Gasteiger partial charge in [-0.3, -0.25) is 9.59 Å². The van der Waals surface area contributed by atoms with Crippen LogP contribution in [0.2, 0.25) is 0 Å². The quantitative estimate of drug-likeness (QED) is 0.442. The molecule has 3 aromatic rings. The fourth-order valence-corrected chi connectivity index (χ4v) is 4.07. The molecule has 1 N–H and O–H groups in total. The Kier molecular flexibility index (Phi) is 8.25. The van der Waals surface area contributed by atoms with Crippen molar-refractivity contribution >= 4 is 29.2 Å². The zero-order chi connectivity index (χ0) is 26.2. The van der Waals surface area contributed by atoms with E-state index in [-0.39, 0.29) is 36.2 Å². The lowest BCUT2D eigenvalue weighted by Gasteiger charge is -2.29. The van der Waals surface area contributed by atoms with E-state index in [0.29, 0.717) is 18.0 Å². The van der Waals surface area contributed by atoms with E-state index in [4.69, 9.17) is 18.9 Å². The van der Waals surface area contributed by atoms with Gasteiger partial charge in [-0.05, 0) is 54.8 Å². The van der Waals surface area contributed by atoms with Crippen LogP contribution >= 0.6 is 0 Å². The van der Waals surface area contributed by atoms with E-state index >= 15 is 0 Å². The van der Waals surface area contributed by atoms with Crippen molar-refractivity contribution in [2.45, 2.75) is 12.8 Å². The first kappa shape index (κ1) is 25.6. The molecule has 0 spiro atoms. The van der Waals surface area contributed by atoms with Gasteiger partial charge in [0.1, 0.15) is 5.75 Å². The summed E-state index contributed by atoms with van der Waals surface area (Å²) in [4.78, 5) is 39.4. The molecule has 1 heterocycles. The number of methoxy groups -OCH3 is 2. The molecule has 0 bridgehead atoms. The largest absolute Gasteiger partial charge is 0.495 e. The molecule has 0 saturated carbocycles. The number of rotatable bonds is 9. The minimum atomic E-state index is -0.669. The number of aryl methyl sites for hydroxylation is 1.